The van der Waals surface area contributed by atoms with Crippen LogP contribution in [0.15, 0.2) is 30.3 Å². The summed E-state index contributed by atoms with van der Waals surface area (Å²) in [6.07, 6.45) is 19.0. The van der Waals surface area contributed by atoms with Crippen LogP contribution in [0.4, 0.5) is 4.39 Å². The number of alkyl halides is 1. The van der Waals surface area contributed by atoms with Crippen molar-refractivity contribution in [1.82, 2.24) is 0 Å². The molecule has 8 atom stereocenters. The Bertz CT molecular complexity index is 1100. The summed E-state index contributed by atoms with van der Waals surface area (Å²) in [6.45, 7) is 28.8. The Morgan fingerprint density at radius 1 is 0.500 bits per heavy atom. The first-order chi connectivity index (χ1) is 26.4. The van der Waals surface area contributed by atoms with E-state index in [4.69, 9.17) is 34.1 Å². The molecule has 8 unspecified atom stereocenters. The van der Waals surface area contributed by atoms with Gasteiger partial charge in [-0.3, -0.25) is 0 Å². The van der Waals surface area contributed by atoms with E-state index in [1.165, 1.54) is 64.2 Å². The number of halogens is 6. The molecule has 6 fully saturated rings. The fourth-order valence-electron chi connectivity index (χ4n) is 12.0. The van der Waals surface area contributed by atoms with Gasteiger partial charge in [-0.2, -0.15) is 0 Å². The van der Waals surface area contributed by atoms with Gasteiger partial charge in [-0.05, 0) is 157 Å². The molecule has 0 bridgehead atoms. The summed E-state index contributed by atoms with van der Waals surface area (Å²) in [5, 5.41) is 0. The summed E-state index contributed by atoms with van der Waals surface area (Å²) in [7, 11) is 19.7. The normalized spacial score (nSPS) is 39.1. The molecule has 0 radical (unpaired) electrons. The summed E-state index contributed by atoms with van der Waals surface area (Å²) in [6, 6.07) is 6.81. The van der Waals surface area contributed by atoms with Crippen molar-refractivity contribution >= 4 is 56.1 Å². The van der Waals surface area contributed by atoms with E-state index in [0.717, 1.165) is 111 Å². The Balaban J connectivity index is -0.000000700. The Kier molecular flexibility index (Phi) is 38.3. The van der Waals surface area contributed by atoms with Gasteiger partial charge in [0, 0.05) is 4.83 Å². The molecule has 0 saturated heterocycles. The van der Waals surface area contributed by atoms with Gasteiger partial charge >= 0.3 is 75.7 Å². The van der Waals surface area contributed by atoms with E-state index < -0.39 is 41.7 Å². The zero-order valence-corrected chi connectivity index (χ0v) is 50.7. The van der Waals surface area contributed by atoms with E-state index in [2.05, 4.69) is 111 Å². The maximum atomic E-state index is 12.9. The van der Waals surface area contributed by atoms with Crippen molar-refractivity contribution in [2.24, 2.45) is 101 Å². The third-order valence-electron chi connectivity index (χ3n) is 16.9. The molecule has 6 saturated carbocycles. The fourth-order valence-corrected chi connectivity index (χ4v) is 12.9. The molecule has 0 aromatic heterocycles. The second-order valence-electron chi connectivity index (χ2n) is 19.7. The number of hydrogen-bond donors (Lipinski definition) is 0. The van der Waals surface area contributed by atoms with Gasteiger partial charge in [-0.15, -0.1) is 0 Å². The van der Waals surface area contributed by atoms with Crippen molar-refractivity contribution < 1.29 is 46.1 Å². The number of hydrogen-bond acceptors (Lipinski definition) is 0. The SMILES string of the molecule is CC1C(C)C(C)C(C)C1C.CC1C(C)C(C)C(C)C1C.CC1CC2CCCC(/C=C/c3ccc(F)cc3)C2C1.CC1CC2CCCC(Br)C2C1.[CH3-].[CH3-].[CH3-].[CH3-].[Cl][Zr+2][Cl].[Cl][Zr+2][Cl]. The fraction of sp³-hybridized carbons (Fsp3) is 0.769. The maximum absolute atomic E-state index is 12.9. The van der Waals surface area contributed by atoms with Crippen LogP contribution < -0.4 is 0 Å². The van der Waals surface area contributed by atoms with E-state index in [1.54, 1.807) is 12.1 Å². The minimum atomic E-state index is -0.826. The molecule has 7 rings (SSSR count). The predicted molar refractivity (Wildman–Crippen MR) is 271 cm³/mol. The Labute approximate surface area is 421 Å². The van der Waals surface area contributed by atoms with Gasteiger partial charge < -0.3 is 29.7 Å². The van der Waals surface area contributed by atoms with Gasteiger partial charge in [-0.1, -0.05) is 149 Å². The summed E-state index contributed by atoms with van der Waals surface area (Å²) >= 11 is 2.17. The standard InChI is InChI=1S/C18H23F.C10H17Br.2C10H20.4CH3.4ClH.2Zr/c1-13-11-16-4-2-3-15(18(16)12-13)8-5-14-6-9-17(19)10-7-14;1-7-5-8-3-2-4-10(11)9(8)6-7;2*1-6-7(2)9(4)10(5)8(6)3;;;;;;;;;;/h5-10,13,15-16,18H,2-4,11-12H2,1H3;7-10H,2-6H2,1H3;2*6-10H,1-5H3;4*1H3;4*1H;;/q;;;;4*-1;;;;;2*+4/p-4/b8-5+;;;;;;;;;;;;;. The van der Waals surface area contributed by atoms with Crippen LogP contribution in [0.2, 0.25) is 0 Å². The van der Waals surface area contributed by atoms with Crippen LogP contribution in [0.1, 0.15) is 153 Å². The third-order valence-corrected chi connectivity index (χ3v) is 18.0. The van der Waals surface area contributed by atoms with Gasteiger partial charge in [0.25, 0.3) is 0 Å². The zero-order chi connectivity index (χ0) is 42.3. The molecule has 0 spiro atoms. The van der Waals surface area contributed by atoms with E-state index in [0.29, 0.717) is 0 Å². The third kappa shape index (κ3) is 20.7. The number of fused-ring (bicyclic) bond motifs is 2. The van der Waals surface area contributed by atoms with Crippen LogP contribution in [0.5, 0.6) is 0 Å². The average Bonchev–Trinajstić information content (AvgIpc) is 3.85. The molecule has 60 heavy (non-hydrogen) atoms. The average molecular weight is 1140 g/mol. The Morgan fingerprint density at radius 3 is 1.17 bits per heavy atom. The van der Waals surface area contributed by atoms with Crippen LogP contribution in [-0.2, 0) is 41.7 Å². The summed E-state index contributed by atoms with van der Waals surface area (Å²) in [5.41, 5.74) is 1.12. The van der Waals surface area contributed by atoms with Crippen molar-refractivity contribution in [3.8, 4) is 0 Å². The van der Waals surface area contributed by atoms with Crippen LogP contribution in [0.25, 0.3) is 6.08 Å². The Morgan fingerprint density at radius 2 is 0.817 bits per heavy atom. The predicted octanol–water partition coefficient (Wildman–Crippen LogP) is 19.8. The molecular formula is C52H92BrCl4FZr2. The van der Waals surface area contributed by atoms with Gasteiger partial charge in [0.15, 0.2) is 0 Å². The topological polar surface area (TPSA) is 0 Å². The molecule has 0 nitrogen and oxygen atoms in total. The first-order valence-electron chi connectivity index (χ1n) is 22.4. The van der Waals surface area contributed by atoms with E-state index >= 15 is 0 Å². The van der Waals surface area contributed by atoms with Crippen LogP contribution >= 0.6 is 50.0 Å². The molecule has 6 aliphatic carbocycles. The van der Waals surface area contributed by atoms with Gasteiger partial charge in [0.1, 0.15) is 5.82 Å². The van der Waals surface area contributed by atoms with Gasteiger partial charge in [0.05, 0.1) is 0 Å². The molecule has 8 heteroatoms. The molecule has 0 amide bonds. The van der Waals surface area contributed by atoms with E-state index in [9.17, 15) is 4.39 Å². The van der Waals surface area contributed by atoms with Crippen molar-refractivity contribution in [1.29, 1.82) is 0 Å². The number of allylic oxidation sites excluding steroid dienone is 1. The molecular weight excluding hydrogens is 1050 g/mol. The molecule has 6 aliphatic rings. The molecule has 0 aliphatic heterocycles. The Hall–Kier alpha value is 2.30. The van der Waals surface area contributed by atoms with Crippen molar-refractivity contribution in [3.63, 3.8) is 0 Å². The molecule has 0 heterocycles. The van der Waals surface area contributed by atoms with Crippen LogP contribution in [0, 0.1) is 136 Å². The molecule has 1 aromatic rings. The van der Waals surface area contributed by atoms with Gasteiger partial charge in [-0.25, -0.2) is 4.39 Å². The molecule has 1 aromatic carbocycles. The van der Waals surface area contributed by atoms with Crippen molar-refractivity contribution in [3.05, 3.63) is 71.4 Å². The van der Waals surface area contributed by atoms with Crippen LogP contribution in [0.3, 0.4) is 0 Å². The summed E-state index contributed by atoms with van der Waals surface area (Å²) < 4.78 is 12.9. The molecule has 350 valence electrons. The monoisotopic (exact) mass is 1130 g/mol. The van der Waals surface area contributed by atoms with E-state index in [-0.39, 0.29) is 35.5 Å². The second-order valence-corrected chi connectivity index (χ2v) is 28.3. The number of rotatable bonds is 2. The second kappa shape index (κ2) is 34.6. The van der Waals surface area contributed by atoms with Crippen molar-refractivity contribution in [2.45, 2.75) is 152 Å². The van der Waals surface area contributed by atoms with Gasteiger partial charge in [0.2, 0.25) is 0 Å². The summed E-state index contributed by atoms with van der Waals surface area (Å²) in [5.74, 6) is 15.8. The minimum absolute atomic E-state index is 0. The first-order valence-corrected chi connectivity index (χ1v) is 36.0. The zero-order valence-electron chi connectivity index (χ0n) is 41.2. The summed E-state index contributed by atoms with van der Waals surface area (Å²) in [4.78, 5) is 0.853. The molecule has 0 N–H and O–H groups in total. The first kappa shape index (κ1) is 66.6. The quantitative estimate of drug-likeness (QED) is 0.205. The number of benzene rings is 1. The van der Waals surface area contributed by atoms with Crippen molar-refractivity contribution in [2.75, 3.05) is 0 Å². The van der Waals surface area contributed by atoms with Crippen LogP contribution in [-0.4, -0.2) is 4.83 Å². The van der Waals surface area contributed by atoms with E-state index in [1.807, 2.05) is 12.1 Å².